The molecule has 2 aromatic carbocycles. The van der Waals surface area contributed by atoms with Crippen LogP contribution >= 0.6 is 0 Å². The second-order valence-corrected chi connectivity index (χ2v) is 4.48. The molecule has 1 aromatic heterocycles. The van der Waals surface area contributed by atoms with Crippen LogP contribution in [0.2, 0.25) is 0 Å². The van der Waals surface area contributed by atoms with E-state index in [2.05, 4.69) is 28.3 Å². The summed E-state index contributed by atoms with van der Waals surface area (Å²) in [6.45, 7) is 2.08. The van der Waals surface area contributed by atoms with Crippen LogP contribution in [0, 0.1) is 6.92 Å². The number of nitrogens with zero attached hydrogens (tertiary/aromatic N) is 2. The summed E-state index contributed by atoms with van der Waals surface area (Å²) in [4.78, 5) is 9.29. The van der Waals surface area contributed by atoms with E-state index >= 15 is 0 Å². The van der Waals surface area contributed by atoms with Gasteiger partial charge in [-0.15, -0.1) is 0 Å². The summed E-state index contributed by atoms with van der Waals surface area (Å²) in [5.41, 5.74) is 3.18. The van der Waals surface area contributed by atoms with Gasteiger partial charge in [0.15, 0.2) is 5.82 Å². The molecule has 1 N–H and O–H groups in total. The first-order chi connectivity index (χ1) is 9.29. The van der Waals surface area contributed by atoms with Crippen molar-refractivity contribution in [3.8, 4) is 11.4 Å². The highest BCUT2D eigenvalue weighted by Gasteiger charge is 2.09. The maximum absolute atomic E-state index is 4.66. The predicted octanol–water partition coefficient (Wildman–Crippen LogP) is 3.65. The molecule has 0 aliphatic heterocycles. The van der Waals surface area contributed by atoms with Gasteiger partial charge >= 0.3 is 0 Å². The first-order valence-electron chi connectivity index (χ1n) is 6.30. The first kappa shape index (κ1) is 11.7. The largest absolute Gasteiger partial charge is 0.373 e. The average Bonchev–Trinajstić information content (AvgIpc) is 2.47. The number of hydrogen-bond acceptors (Lipinski definition) is 3. The Morgan fingerprint density at radius 3 is 2.42 bits per heavy atom. The fourth-order valence-corrected chi connectivity index (χ4v) is 2.25. The first-order valence-corrected chi connectivity index (χ1v) is 6.30. The van der Waals surface area contributed by atoms with Gasteiger partial charge in [-0.3, -0.25) is 0 Å². The smallest absolute Gasteiger partial charge is 0.162 e. The van der Waals surface area contributed by atoms with Gasteiger partial charge in [-0.25, -0.2) is 9.97 Å². The number of hydrogen-bond donors (Lipinski definition) is 1. The lowest BCUT2D eigenvalue weighted by Gasteiger charge is -2.10. The zero-order valence-electron chi connectivity index (χ0n) is 11.0. The molecule has 3 aromatic rings. The summed E-state index contributed by atoms with van der Waals surface area (Å²) in [5.74, 6) is 1.63. The molecule has 3 rings (SSSR count). The Labute approximate surface area is 112 Å². The molecule has 19 heavy (non-hydrogen) atoms. The average molecular weight is 249 g/mol. The minimum atomic E-state index is 0.753. The molecular weight excluding hydrogens is 234 g/mol. The van der Waals surface area contributed by atoms with Crippen LogP contribution in [0.5, 0.6) is 0 Å². The van der Waals surface area contributed by atoms with Crippen molar-refractivity contribution in [1.82, 2.24) is 9.97 Å². The second kappa shape index (κ2) is 4.69. The van der Waals surface area contributed by atoms with Crippen molar-refractivity contribution in [3.05, 3.63) is 54.1 Å². The Morgan fingerprint density at radius 1 is 0.895 bits per heavy atom. The standard InChI is InChI=1S/C16H15N3/c1-11-7-6-10-13-14(11)16(17-2)19-15(18-13)12-8-4-3-5-9-12/h3-10H,1-2H3,(H,17,18,19). The number of aromatic nitrogens is 2. The fraction of sp³-hybridized carbons (Fsp3) is 0.125. The van der Waals surface area contributed by atoms with E-state index in [1.54, 1.807) is 0 Å². The molecule has 0 unspecified atom stereocenters. The number of fused-ring (bicyclic) bond motifs is 1. The number of rotatable bonds is 2. The van der Waals surface area contributed by atoms with E-state index in [1.807, 2.05) is 49.5 Å². The molecular formula is C16H15N3. The molecule has 0 aliphatic rings. The molecule has 0 aliphatic carbocycles. The highest BCUT2D eigenvalue weighted by Crippen LogP contribution is 2.26. The second-order valence-electron chi connectivity index (χ2n) is 4.48. The number of nitrogens with one attached hydrogen (secondary N) is 1. The van der Waals surface area contributed by atoms with Gasteiger partial charge < -0.3 is 5.32 Å². The summed E-state index contributed by atoms with van der Waals surface area (Å²) >= 11 is 0. The van der Waals surface area contributed by atoms with E-state index < -0.39 is 0 Å². The van der Waals surface area contributed by atoms with E-state index in [0.29, 0.717) is 0 Å². The molecule has 0 radical (unpaired) electrons. The zero-order valence-corrected chi connectivity index (χ0v) is 11.0. The van der Waals surface area contributed by atoms with E-state index in [9.17, 15) is 0 Å². The zero-order chi connectivity index (χ0) is 13.2. The van der Waals surface area contributed by atoms with Crippen LogP contribution in [0.25, 0.3) is 22.3 Å². The van der Waals surface area contributed by atoms with Crippen LogP contribution in [0.3, 0.4) is 0 Å². The van der Waals surface area contributed by atoms with Crippen molar-refractivity contribution < 1.29 is 0 Å². The maximum atomic E-state index is 4.66. The number of anilines is 1. The summed E-state index contributed by atoms with van der Waals surface area (Å²) in [6.07, 6.45) is 0. The minimum Gasteiger partial charge on any atom is -0.373 e. The molecule has 0 spiro atoms. The van der Waals surface area contributed by atoms with Gasteiger partial charge in [0.1, 0.15) is 5.82 Å². The Morgan fingerprint density at radius 2 is 1.68 bits per heavy atom. The van der Waals surface area contributed by atoms with Crippen molar-refractivity contribution in [2.75, 3.05) is 12.4 Å². The van der Waals surface area contributed by atoms with Crippen molar-refractivity contribution in [3.63, 3.8) is 0 Å². The van der Waals surface area contributed by atoms with Crippen molar-refractivity contribution in [1.29, 1.82) is 0 Å². The van der Waals surface area contributed by atoms with Crippen molar-refractivity contribution >= 4 is 16.7 Å². The minimum absolute atomic E-state index is 0.753. The summed E-state index contributed by atoms with van der Waals surface area (Å²) in [7, 11) is 1.89. The molecule has 94 valence electrons. The van der Waals surface area contributed by atoms with E-state index in [-0.39, 0.29) is 0 Å². The lowest BCUT2D eigenvalue weighted by Crippen LogP contribution is -1.99. The Hall–Kier alpha value is -2.42. The predicted molar refractivity (Wildman–Crippen MR) is 79.3 cm³/mol. The van der Waals surface area contributed by atoms with Crippen LogP contribution in [-0.2, 0) is 0 Å². The van der Waals surface area contributed by atoms with Crippen molar-refractivity contribution in [2.45, 2.75) is 6.92 Å². The number of benzene rings is 2. The molecule has 3 nitrogen and oxygen atoms in total. The summed E-state index contributed by atoms with van der Waals surface area (Å²) < 4.78 is 0. The number of aryl methyl sites for hydroxylation is 1. The monoisotopic (exact) mass is 249 g/mol. The van der Waals surface area contributed by atoms with Gasteiger partial charge in [-0.1, -0.05) is 42.5 Å². The molecule has 0 atom stereocenters. The van der Waals surface area contributed by atoms with Gasteiger partial charge in [-0.2, -0.15) is 0 Å². The van der Waals surface area contributed by atoms with E-state index in [4.69, 9.17) is 0 Å². The molecule has 0 saturated carbocycles. The third-order valence-electron chi connectivity index (χ3n) is 3.20. The van der Waals surface area contributed by atoms with Gasteiger partial charge in [0, 0.05) is 18.0 Å². The Kier molecular flexibility index (Phi) is 2.88. The van der Waals surface area contributed by atoms with Crippen LogP contribution in [0.4, 0.5) is 5.82 Å². The van der Waals surface area contributed by atoms with Gasteiger partial charge in [0.2, 0.25) is 0 Å². The summed E-state index contributed by atoms with van der Waals surface area (Å²) in [6, 6.07) is 16.2. The van der Waals surface area contributed by atoms with E-state index in [0.717, 1.165) is 28.1 Å². The van der Waals surface area contributed by atoms with Crippen LogP contribution < -0.4 is 5.32 Å². The molecule has 3 heteroatoms. The molecule has 1 heterocycles. The highest BCUT2D eigenvalue weighted by atomic mass is 15.0. The lowest BCUT2D eigenvalue weighted by atomic mass is 10.1. The Balaban J connectivity index is 2.30. The molecule has 0 saturated heterocycles. The van der Waals surface area contributed by atoms with Gasteiger partial charge in [0.25, 0.3) is 0 Å². The topological polar surface area (TPSA) is 37.8 Å². The highest BCUT2D eigenvalue weighted by molar-refractivity contribution is 5.93. The van der Waals surface area contributed by atoms with Crippen LogP contribution in [0.1, 0.15) is 5.56 Å². The molecule has 0 bridgehead atoms. The summed E-state index contributed by atoms with van der Waals surface area (Å²) in [5, 5.41) is 4.26. The van der Waals surface area contributed by atoms with Crippen LogP contribution in [-0.4, -0.2) is 17.0 Å². The van der Waals surface area contributed by atoms with E-state index in [1.165, 1.54) is 5.56 Å². The quantitative estimate of drug-likeness (QED) is 0.753. The molecule has 0 amide bonds. The lowest BCUT2D eigenvalue weighted by molar-refractivity contribution is 1.21. The fourth-order valence-electron chi connectivity index (χ4n) is 2.25. The van der Waals surface area contributed by atoms with Crippen LogP contribution in [0.15, 0.2) is 48.5 Å². The van der Waals surface area contributed by atoms with Crippen molar-refractivity contribution in [2.24, 2.45) is 0 Å². The Bertz CT molecular complexity index is 721. The third-order valence-corrected chi connectivity index (χ3v) is 3.20. The normalized spacial score (nSPS) is 10.6. The van der Waals surface area contributed by atoms with Gasteiger partial charge in [0.05, 0.1) is 5.52 Å². The molecule has 0 fully saturated rings. The maximum Gasteiger partial charge on any atom is 0.162 e. The SMILES string of the molecule is CNc1nc(-c2ccccc2)nc2cccc(C)c12. The van der Waals surface area contributed by atoms with Gasteiger partial charge in [-0.05, 0) is 18.6 Å². The third kappa shape index (κ3) is 2.03.